The highest BCUT2D eigenvalue weighted by Crippen LogP contribution is 2.23. The van der Waals surface area contributed by atoms with Gasteiger partial charge in [0.1, 0.15) is 5.75 Å². The summed E-state index contributed by atoms with van der Waals surface area (Å²) < 4.78 is 10.2. The predicted octanol–water partition coefficient (Wildman–Crippen LogP) is 2.37. The highest BCUT2D eigenvalue weighted by molar-refractivity contribution is 5.67. The molecule has 0 atom stereocenters. The number of ether oxygens (including phenoxy) is 1. The minimum atomic E-state index is -0.844. The maximum Gasteiger partial charge on any atom is 0.303 e. The molecule has 1 aromatic carbocycles. The summed E-state index contributed by atoms with van der Waals surface area (Å²) in [5.74, 6) is 0.548. The Labute approximate surface area is 104 Å². The molecule has 0 saturated carbocycles. The van der Waals surface area contributed by atoms with Gasteiger partial charge in [-0.05, 0) is 24.3 Å². The molecule has 0 spiro atoms. The number of nitrogens with zero attached hydrogens (tertiary/aromatic N) is 1. The van der Waals surface area contributed by atoms with E-state index in [4.69, 9.17) is 14.4 Å². The van der Waals surface area contributed by atoms with Crippen LogP contribution in [0.3, 0.4) is 0 Å². The average Bonchev–Trinajstić information content (AvgIpc) is 2.85. The fourth-order valence-electron chi connectivity index (χ4n) is 1.56. The number of carboxylic acids is 1. The first-order valence-electron chi connectivity index (χ1n) is 5.51. The lowest BCUT2D eigenvalue weighted by molar-refractivity contribution is -0.136. The number of carbonyl (C=O) groups is 1. The van der Waals surface area contributed by atoms with Gasteiger partial charge in [-0.15, -0.1) is 0 Å². The molecule has 5 heteroatoms. The summed E-state index contributed by atoms with van der Waals surface area (Å²) in [5, 5.41) is 12.4. The molecule has 94 valence electrons. The van der Waals surface area contributed by atoms with Crippen LogP contribution in [0.25, 0.3) is 11.3 Å². The summed E-state index contributed by atoms with van der Waals surface area (Å²) in [7, 11) is 1.60. The molecule has 1 heterocycles. The van der Waals surface area contributed by atoms with Crippen LogP contribution in [0, 0.1) is 0 Å². The maximum atomic E-state index is 10.4. The Morgan fingerprint density at radius 2 is 2.11 bits per heavy atom. The molecule has 0 bridgehead atoms. The summed E-state index contributed by atoms with van der Waals surface area (Å²) >= 11 is 0. The van der Waals surface area contributed by atoms with Crippen LogP contribution in [0.1, 0.15) is 12.1 Å². The van der Waals surface area contributed by atoms with Gasteiger partial charge in [0.2, 0.25) is 0 Å². The molecule has 18 heavy (non-hydrogen) atoms. The molecule has 0 fully saturated rings. The third-order valence-corrected chi connectivity index (χ3v) is 2.53. The van der Waals surface area contributed by atoms with Crippen LogP contribution in [-0.2, 0) is 11.2 Å². The quantitative estimate of drug-likeness (QED) is 0.878. The minimum absolute atomic E-state index is 0.0502. The molecule has 1 aromatic heterocycles. The zero-order valence-corrected chi connectivity index (χ0v) is 9.92. The second kappa shape index (κ2) is 5.35. The Morgan fingerprint density at radius 3 is 2.72 bits per heavy atom. The van der Waals surface area contributed by atoms with Crippen molar-refractivity contribution in [2.75, 3.05) is 7.11 Å². The molecule has 2 rings (SSSR count). The number of aliphatic carboxylic acids is 1. The Bertz CT molecular complexity index is 530. The van der Waals surface area contributed by atoms with Gasteiger partial charge in [0.15, 0.2) is 5.76 Å². The zero-order chi connectivity index (χ0) is 13.0. The van der Waals surface area contributed by atoms with Crippen LogP contribution in [0.4, 0.5) is 0 Å². The summed E-state index contributed by atoms with van der Waals surface area (Å²) in [4.78, 5) is 10.4. The van der Waals surface area contributed by atoms with Gasteiger partial charge >= 0.3 is 5.97 Å². The standard InChI is InChI=1S/C13H13NO4/c1-17-11-5-2-9(3-6-11)12-8-10(14-18-12)4-7-13(15)16/h2-3,5-6,8H,4,7H2,1H3,(H,15,16). The Hall–Kier alpha value is -2.30. The average molecular weight is 247 g/mol. The number of benzene rings is 1. The molecule has 0 aliphatic carbocycles. The van der Waals surface area contributed by atoms with E-state index in [0.29, 0.717) is 17.9 Å². The lowest BCUT2D eigenvalue weighted by atomic mass is 10.1. The molecule has 1 N–H and O–H groups in total. The second-order valence-corrected chi connectivity index (χ2v) is 3.80. The van der Waals surface area contributed by atoms with Crippen molar-refractivity contribution in [2.24, 2.45) is 0 Å². The van der Waals surface area contributed by atoms with E-state index in [-0.39, 0.29) is 6.42 Å². The molecule has 0 radical (unpaired) electrons. The van der Waals surface area contributed by atoms with Crippen LogP contribution in [0.5, 0.6) is 5.75 Å². The van der Waals surface area contributed by atoms with Gasteiger partial charge in [0.05, 0.1) is 19.2 Å². The number of carboxylic acid groups (broad SMARTS) is 1. The fraction of sp³-hybridized carbons (Fsp3) is 0.231. The first-order valence-corrected chi connectivity index (χ1v) is 5.51. The van der Waals surface area contributed by atoms with Gasteiger partial charge in [-0.3, -0.25) is 4.79 Å². The van der Waals surface area contributed by atoms with Crippen LogP contribution >= 0.6 is 0 Å². The van der Waals surface area contributed by atoms with Gasteiger partial charge in [-0.2, -0.15) is 0 Å². The van der Waals surface area contributed by atoms with Crippen LogP contribution in [-0.4, -0.2) is 23.3 Å². The van der Waals surface area contributed by atoms with E-state index in [1.165, 1.54) is 0 Å². The van der Waals surface area contributed by atoms with E-state index in [0.717, 1.165) is 11.3 Å². The van der Waals surface area contributed by atoms with Gasteiger partial charge in [-0.1, -0.05) is 5.16 Å². The lowest BCUT2D eigenvalue weighted by Gasteiger charge is -1.99. The van der Waals surface area contributed by atoms with E-state index in [1.807, 2.05) is 24.3 Å². The highest BCUT2D eigenvalue weighted by atomic mass is 16.5. The van der Waals surface area contributed by atoms with Gasteiger partial charge in [0, 0.05) is 18.1 Å². The number of methoxy groups -OCH3 is 1. The van der Waals surface area contributed by atoms with E-state index in [1.54, 1.807) is 13.2 Å². The van der Waals surface area contributed by atoms with E-state index < -0.39 is 5.97 Å². The predicted molar refractivity (Wildman–Crippen MR) is 64.4 cm³/mol. The molecule has 2 aromatic rings. The third-order valence-electron chi connectivity index (χ3n) is 2.53. The summed E-state index contributed by atoms with van der Waals surface area (Å²) in [5.41, 5.74) is 1.52. The first kappa shape index (κ1) is 12.2. The van der Waals surface area contributed by atoms with Crippen molar-refractivity contribution in [3.63, 3.8) is 0 Å². The zero-order valence-electron chi connectivity index (χ0n) is 9.92. The Balaban J connectivity index is 2.10. The number of aryl methyl sites for hydroxylation is 1. The SMILES string of the molecule is COc1ccc(-c2cc(CCC(=O)O)no2)cc1. The smallest absolute Gasteiger partial charge is 0.303 e. The molecular formula is C13H13NO4. The molecule has 0 saturated heterocycles. The second-order valence-electron chi connectivity index (χ2n) is 3.80. The number of hydrogen-bond acceptors (Lipinski definition) is 4. The molecule has 5 nitrogen and oxygen atoms in total. The molecule has 0 aliphatic heterocycles. The number of rotatable bonds is 5. The Kier molecular flexibility index (Phi) is 3.62. The van der Waals surface area contributed by atoms with Gasteiger partial charge in [-0.25, -0.2) is 0 Å². The van der Waals surface area contributed by atoms with Gasteiger partial charge in [0.25, 0.3) is 0 Å². The molecule has 0 aliphatic rings. The summed E-state index contributed by atoms with van der Waals surface area (Å²) in [6.45, 7) is 0. The maximum absolute atomic E-state index is 10.4. The monoisotopic (exact) mass is 247 g/mol. The van der Waals surface area contributed by atoms with E-state index >= 15 is 0 Å². The van der Waals surface area contributed by atoms with E-state index in [9.17, 15) is 4.79 Å². The first-order chi connectivity index (χ1) is 8.69. The van der Waals surface area contributed by atoms with Crippen molar-refractivity contribution >= 4 is 5.97 Å². The van der Waals surface area contributed by atoms with Crippen LogP contribution in [0.2, 0.25) is 0 Å². The number of hydrogen-bond donors (Lipinski definition) is 1. The summed E-state index contributed by atoms with van der Waals surface area (Å²) in [6, 6.07) is 9.13. The third kappa shape index (κ3) is 2.88. The van der Waals surface area contributed by atoms with E-state index in [2.05, 4.69) is 5.16 Å². The van der Waals surface area contributed by atoms with Crippen molar-refractivity contribution in [1.82, 2.24) is 5.16 Å². The van der Waals surface area contributed by atoms with Crippen molar-refractivity contribution in [3.8, 4) is 17.1 Å². The van der Waals surface area contributed by atoms with Crippen molar-refractivity contribution in [3.05, 3.63) is 36.0 Å². The minimum Gasteiger partial charge on any atom is -0.497 e. The normalized spacial score (nSPS) is 10.3. The topological polar surface area (TPSA) is 72.6 Å². The largest absolute Gasteiger partial charge is 0.497 e. The summed E-state index contributed by atoms with van der Waals surface area (Å²) in [6.07, 6.45) is 0.420. The van der Waals surface area contributed by atoms with Gasteiger partial charge < -0.3 is 14.4 Å². The molecule has 0 amide bonds. The van der Waals surface area contributed by atoms with Crippen molar-refractivity contribution < 1.29 is 19.2 Å². The van der Waals surface area contributed by atoms with Crippen molar-refractivity contribution in [1.29, 1.82) is 0 Å². The Morgan fingerprint density at radius 1 is 1.39 bits per heavy atom. The van der Waals surface area contributed by atoms with Crippen LogP contribution in [0.15, 0.2) is 34.9 Å². The van der Waals surface area contributed by atoms with Crippen molar-refractivity contribution in [2.45, 2.75) is 12.8 Å². The van der Waals surface area contributed by atoms with Crippen LogP contribution < -0.4 is 4.74 Å². The molecular weight excluding hydrogens is 234 g/mol. The highest BCUT2D eigenvalue weighted by Gasteiger charge is 2.08. The lowest BCUT2D eigenvalue weighted by Crippen LogP contribution is -1.97. The number of aromatic nitrogens is 1. The molecule has 0 unspecified atom stereocenters. The fourth-order valence-corrected chi connectivity index (χ4v) is 1.56.